The molecule has 0 saturated carbocycles. The van der Waals surface area contributed by atoms with Crippen LogP contribution in [-0.4, -0.2) is 19.2 Å². The molecule has 0 aliphatic carbocycles. The van der Waals surface area contributed by atoms with Gasteiger partial charge in [0.15, 0.2) is 0 Å². The zero-order chi connectivity index (χ0) is 13.4. The standard InChI is InChI=1S/C15H22O3/c1-12(2)9-14(10-15(16)17-3)18-11-13-7-5-4-6-8-13/h4-8,12,14H,9-11H2,1-3H3/t14-/m0/s1. The number of carbonyl (C=O) groups is 1. The molecule has 0 fully saturated rings. The summed E-state index contributed by atoms with van der Waals surface area (Å²) in [6.07, 6.45) is 1.11. The molecule has 0 amide bonds. The van der Waals surface area contributed by atoms with Gasteiger partial charge < -0.3 is 9.47 Å². The molecule has 1 rings (SSSR count). The number of carbonyl (C=O) groups excluding carboxylic acids is 1. The molecule has 1 aromatic carbocycles. The summed E-state index contributed by atoms with van der Waals surface area (Å²) in [4.78, 5) is 11.3. The van der Waals surface area contributed by atoms with E-state index in [1.807, 2.05) is 30.3 Å². The topological polar surface area (TPSA) is 35.5 Å². The fourth-order valence-electron chi connectivity index (χ4n) is 1.79. The molecule has 3 nitrogen and oxygen atoms in total. The van der Waals surface area contributed by atoms with Crippen molar-refractivity contribution in [3.8, 4) is 0 Å². The SMILES string of the molecule is COC(=O)C[C@H](CC(C)C)OCc1ccccc1. The Morgan fingerprint density at radius 3 is 2.44 bits per heavy atom. The Morgan fingerprint density at radius 2 is 1.89 bits per heavy atom. The largest absolute Gasteiger partial charge is 0.469 e. The van der Waals surface area contributed by atoms with Crippen molar-refractivity contribution in [2.75, 3.05) is 7.11 Å². The fraction of sp³-hybridized carbons (Fsp3) is 0.533. The lowest BCUT2D eigenvalue weighted by molar-refractivity contribution is -0.144. The molecule has 18 heavy (non-hydrogen) atoms. The molecule has 0 radical (unpaired) electrons. The summed E-state index contributed by atoms with van der Waals surface area (Å²) in [7, 11) is 1.41. The van der Waals surface area contributed by atoms with E-state index in [-0.39, 0.29) is 12.1 Å². The Hall–Kier alpha value is -1.35. The van der Waals surface area contributed by atoms with Gasteiger partial charge in [-0.25, -0.2) is 0 Å². The maximum Gasteiger partial charge on any atom is 0.308 e. The summed E-state index contributed by atoms with van der Waals surface area (Å²) in [5, 5.41) is 0. The zero-order valence-corrected chi connectivity index (χ0v) is 11.4. The molecule has 0 aliphatic heterocycles. The second kappa shape index (κ2) is 7.88. The summed E-state index contributed by atoms with van der Waals surface area (Å²) < 4.78 is 10.5. The minimum absolute atomic E-state index is 0.0716. The van der Waals surface area contributed by atoms with Crippen molar-refractivity contribution in [3.05, 3.63) is 35.9 Å². The molecular weight excluding hydrogens is 228 g/mol. The Morgan fingerprint density at radius 1 is 1.22 bits per heavy atom. The van der Waals surface area contributed by atoms with Crippen molar-refractivity contribution < 1.29 is 14.3 Å². The van der Waals surface area contributed by atoms with Gasteiger partial charge in [-0.2, -0.15) is 0 Å². The average molecular weight is 250 g/mol. The van der Waals surface area contributed by atoms with E-state index >= 15 is 0 Å². The van der Waals surface area contributed by atoms with E-state index in [2.05, 4.69) is 13.8 Å². The molecule has 0 aromatic heterocycles. The Kier molecular flexibility index (Phi) is 6.44. The van der Waals surface area contributed by atoms with Gasteiger partial charge >= 0.3 is 5.97 Å². The maximum absolute atomic E-state index is 11.3. The van der Waals surface area contributed by atoms with Crippen LogP contribution in [0.5, 0.6) is 0 Å². The number of hydrogen-bond donors (Lipinski definition) is 0. The van der Waals surface area contributed by atoms with Gasteiger partial charge in [0.05, 0.1) is 26.2 Å². The molecule has 0 N–H and O–H groups in total. The van der Waals surface area contributed by atoms with Crippen LogP contribution < -0.4 is 0 Å². The van der Waals surface area contributed by atoms with Gasteiger partial charge in [-0.05, 0) is 17.9 Å². The van der Waals surface area contributed by atoms with Crippen molar-refractivity contribution in [1.82, 2.24) is 0 Å². The molecule has 1 aromatic rings. The minimum atomic E-state index is -0.214. The van der Waals surface area contributed by atoms with Crippen LogP contribution in [0.15, 0.2) is 30.3 Å². The first kappa shape index (κ1) is 14.7. The Labute approximate surface area is 109 Å². The van der Waals surface area contributed by atoms with E-state index in [0.29, 0.717) is 18.9 Å². The summed E-state index contributed by atoms with van der Waals surface area (Å²) in [5.41, 5.74) is 1.12. The van der Waals surface area contributed by atoms with E-state index < -0.39 is 0 Å². The number of methoxy groups -OCH3 is 1. The molecule has 100 valence electrons. The molecule has 0 unspecified atom stereocenters. The van der Waals surface area contributed by atoms with Crippen molar-refractivity contribution in [2.45, 2.75) is 39.4 Å². The van der Waals surface area contributed by atoms with Crippen LogP contribution in [0.4, 0.5) is 0 Å². The summed E-state index contributed by atoms with van der Waals surface area (Å²) in [6, 6.07) is 9.98. The molecule has 0 heterocycles. The lowest BCUT2D eigenvalue weighted by Crippen LogP contribution is -2.20. The van der Waals surface area contributed by atoms with Crippen LogP contribution in [0.2, 0.25) is 0 Å². The fourth-order valence-corrected chi connectivity index (χ4v) is 1.79. The zero-order valence-electron chi connectivity index (χ0n) is 11.4. The summed E-state index contributed by atoms with van der Waals surface area (Å²) in [5.74, 6) is 0.282. The third-order valence-corrected chi connectivity index (χ3v) is 2.68. The highest BCUT2D eigenvalue weighted by Gasteiger charge is 2.16. The van der Waals surface area contributed by atoms with Crippen LogP contribution in [-0.2, 0) is 20.9 Å². The Balaban J connectivity index is 2.47. The van der Waals surface area contributed by atoms with Gasteiger partial charge in [0.1, 0.15) is 0 Å². The van der Waals surface area contributed by atoms with Crippen molar-refractivity contribution in [3.63, 3.8) is 0 Å². The third kappa shape index (κ3) is 5.82. The lowest BCUT2D eigenvalue weighted by Gasteiger charge is -2.18. The van der Waals surface area contributed by atoms with E-state index in [1.165, 1.54) is 7.11 Å². The number of ether oxygens (including phenoxy) is 2. The number of hydrogen-bond acceptors (Lipinski definition) is 3. The first-order valence-electron chi connectivity index (χ1n) is 6.34. The normalized spacial score (nSPS) is 12.4. The van der Waals surface area contributed by atoms with E-state index in [0.717, 1.165) is 12.0 Å². The lowest BCUT2D eigenvalue weighted by atomic mass is 10.0. The molecule has 3 heteroatoms. The second-order valence-corrected chi connectivity index (χ2v) is 4.83. The highest BCUT2D eigenvalue weighted by atomic mass is 16.5. The van der Waals surface area contributed by atoms with Crippen molar-refractivity contribution in [1.29, 1.82) is 0 Å². The van der Waals surface area contributed by atoms with Gasteiger partial charge in [0, 0.05) is 0 Å². The third-order valence-electron chi connectivity index (χ3n) is 2.68. The number of esters is 1. The highest BCUT2D eigenvalue weighted by molar-refractivity contribution is 5.69. The molecule has 0 spiro atoms. The van der Waals surface area contributed by atoms with Crippen LogP contribution in [0.1, 0.15) is 32.3 Å². The number of rotatable bonds is 7. The predicted molar refractivity (Wildman–Crippen MR) is 71.1 cm³/mol. The monoisotopic (exact) mass is 250 g/mol. The van der Waals surface area contributed by atoms with Crippen LogP contribution in [0, 0.1) is 5.92 Å². The molecule has 0 bridgehead atoms. The van der Waals surface area contributed by atoms with E-state index in [1.54, 1.807) is 0 Å². The van der Waals surface area contributed by atoms with Crippen LogP contribution >= 0.6 is 0 Å². The molecule has 1 atom stereocenters. The predicted octanol–water partition coefficient (Wildman–Crippen LogP) is 3.18. The van der Waals surface area contributed by atoms with E-state index in [4.69, 9.17) is 9.47 Å². The summed E-state index contributed by atoms with van der Waals surface area (Å²) >= 11 is 0. The quantitative estimate of drug-likeness (QED) is 0.697. The minimum Gasteiger partial charge on any atom is -0.469 e. The maximum atomic E-state index is 11.3. The molecule has 0 aliphatic rings. The second-order valence-electron chi connectivity index (χ2n) is 4.83. The highest BCUT2D eigenvalue weighted by Crippen LogP contribution is 2.14. The molecule has 0 saturated heterocycles. The van der Waals surface area contributed by atoms with E-state index in [9.17, 15) is 4.79 Å². The first-order valence-corrected chi connectivity index (χ1v) is 6.34. The van der Waals surface area contributed by atoms with Gasteiger partial charge in [-0.3, -0.25) is 4.79 Å². The Bertz CT molecular complexity index is 346. The summed E-state index contributed by atoms with van der Waals surface area (Å²) in [6.45, 7) is 4.78. The molecular formula is C15H22O3. The van der Waals surface area contributed by atoms with Crippen LogP contribution in [0.3, 0.4) is 0 Å². The van der Waals surface area contributed by atoms with Crippen molar-refractivity contribution in [2.24, 2.45) is 5.92 Å². The van der Waals surface area contributed by atoms with Gasteiger partial charge in [0.2, 0.25) is 0 Å². The smallest absolute Gasteiger partial charge is 0.308 e. The van der Waals surface area contributed by atoms with Gasteiger partial charge in [-0.1, -0.05) is 44.2 Å². The average Bonchev–Trinajstić information content (AvgIpc) is 2.36. The van der Waals surface area contributed by atoms with Gasteiger partial charge in [-0.15, -0.1) is 0 Å². The van der Waals surface area contributed by atoms with Crippen LogP contribution in [0.25, 0.3) is 0 Å². The first-order chi connectivity index (χ1) is 8.61. The number of benzene rings is 1. The van der Waals surface area contributed by atoms with Crippen molar-refractivity contribution >= 4 is 5.97 Å². The van der Waals surface area contributed by atoms with Gasteiger partial charge in [0.25, 0.3) is 0 Å².